The first-order valence-corrected chi connectivity index (χ1v) is 12.7. The second kappa shape index (κ2) is 10.3. The van der Waals surface area contributed by atoms with Gasteiger partial charge in [0.05, 0.1) is 31.9 Å². The molecule has 6 nitrogen and oxygen atoms in total. The van der Waals surface area contributed by atoms with E-state index in [-0.39, 0.29) is 23.0 Å². The van der Waals surface area contributed by atoms with Crippen LogP contribution in [-0.2, 0) is 11.3 Å². The Morgan fingerprint density at radius 2 is 1.80 bits per heavy atom. The molecule has 1 fully saturated rings. The molecule has 9 heteroatoms. The fraction of sp³-hybridized carbons (Fsp3) is 0.231. The number of nitrogens with one attached hydrogen (secondary N) is 3. The number of nitrogens with zero attached hydrogens (tertiary/aromatic N) is 1. The van der Waals surface area contributed by atoms with Gasteiger partial charge in [0, 0.05) is 27.7 Å². The number of carbonyl (C=O) groups excluding carboxylic acids is 2. The van der Waals surface area contributed by atoms with Crippen molar-refractivity contribution in [2.24, 2.45) is 0 Å². The number of benzene rings is 3. The maximum absolute atomic E-state index is 13.1. The summed E-state index contributed by atoms with van der Waals surface area (Å²) in [6.45, 7) is 3.73. The Morgan fingerprint density at radius 1 is 1.09 bits per heavy atom. The highest BCUT2D eigenvalue weighted by Gasteiger charge is 2.37. The van der Waals surface area contributed by atoms with Crippen molar-refractivity contribution < 1.29 is 18.9 Å². The topological polar surface area (TPSA) is 65.9 Å². The number of piperazine rings is 1. The monoisotopic (exact) mass is 511 g/mol. The first kappa shape index (κ1) is 23.7. The molecule has 35 heavy (non-hydrogen) atoms. The molecule has 5 rings (SSSR count). The number of amides is 2. The number of hydrogen-bond acceptors (Lipinski definition) is 4. The zero-order valence-electron chi connectivity index (χ0n) is 18.9. The molecule has 0 saturated carbocycles. The summed E-state index contributed by atoms with van der Waals surface area (Å²) < 4.78 is 13.1. The Bertz CT molecular complexity index is 1230. The molecular weight excluding hydrogens is 487 g/mol. The summed E-state index contributed by atoms with van der Waals surface area (Å²) in [5.41, 5.74) is 3.08. The Morgan fingerprint density at radius 3 is 2.51 bits per heavy atom. The number of quaternary nitrogens is 1. The van der Waals surface area contributed by atoms with E-state index in [0.717, 1.165) is 47.3 Å². The van der Waals surface area contributed by atoms with Gasteiger partial charge in [0.1, 0.15) is 5.82 Å². The van der Waals surface area contributed by atoms with E-state index in [1.807, 2.05) is 30.3 Å². The van der Waals surface area contributed by atoms with Crippen LogP contribution in [0.3, 0.4) is 0 Å². The smallest absolute Gasteiger partial charge is 0.294 e. The Kier molecular flexibility index (Phi) is 6.95. The van der Waals surface area contributed by atoms with E-state index in [0.29, 0.717) is 17.8 Å². The van der Waals surface area contributed by atoms with Crippen LogP contribution in [0.25, 0.3) is 0 Å². The molecule has 180 valence electrons. The molecule has 3 aromatic rings. The molecule has 1 atom stereocenters. The summed E-state index contributed by atoms with van der Waals surface area (Å²) in [5.74, 6) is -0.602. The summed E-state index contributed by atoms with van der Waals surface area (Å²) >= 11 is 7.55. The summed E-state index contributed by atoms with van der Waals surface area (Å²) in [7, 11) is 0. The molecule has 1 unspecified atom stereocenters. The third-order valence-electron chi connectivity index (χ3n) is 6.32. The predicted octanol–water partition coefficient (Wildman–Crippen LogP) is 3.18. The van der Waals surface area contributed by atoms with Crippen LogP contribution in [-0.4, -0.2) is 43.4 Å². The number of carbonyl (C=O) groups is 2. The first-order valence-electron chi connectivity index (χ1n) is 11.5. The zero-order valence-corrected chi connectivity index (χ0v) is 20.5. The van der Waals surface area contributed by atoms with Crippen LogP contribution in [0.2, 0.25) is 5.02 Å². The molecule has 0 aromatic heterocycles. The van der Waals surface area contributed by atoms with Crippen LogP contribution < -0.4 is 20.4 Å². The lowest BCUT2D eigenvalue weighted by Crippen LogP contribution is -3.19. The number of rotatable bonds is 5. The lowest BCUT2D eigenvalue weighted by atomic mass is 10.1. The van der Waals surface area contributed by atoms with Gasteiger partial charge in [0.15, 0.2) is 0 Å². The quantitative estimate of drug-likeness (QED) is 0.492. The van der Waals surface area contributed by atoms with Crippen LogP contribution in [0.1, 0.15) is 15.9 Å². The SMILES string of the molecule is O=C(NCc1ccc(F)cc1)c1ccc2c(c1)NC(=O)C([NH+]1CCN(c3ccc(Cl)cc3)CC1)S2. The van der Waals surface area contributed by atoms with Gasteiger partial charge in [-0.1, -0.05) is 35.5 Å². The van der Waals surface area contributed by atoms with Gasteiger partial charge >= 0.3 is 0 Å². The molecule has 3 N–H and O–H groups in total. The number of fused-ring (bicyclic) bond motifs is 1. The Balaban J connectivity index is 1.19. The number of thioether (sulfide) groups is 1. The van der Waals surface area contributed by atoms with Crippen LogP contribution in [0.4, 0.5) is 15.8 Å². The molecular formula is C26H25ClFN4O2S+. The van der Waals surface area contributed by atoms with Crippen molar-refractivity contribution >= 4 is 46.6 Å². The normalized spacial score (nSPS) is 18.1. The van der Waals surface area contributed by atoms with E-state index >= 15 is 0 Å². The van der Waals surface area contributed by atoms with Gasteiger partial charge in [-0.25, -0.2) is 4.39 Å². The van der Waals surface area contributed by atoms with Gasteiger partial charge in [-0.15, -0.1) is 0 Å². The average Bonchev–Trinajstić information content (AvgIpc) is 2.88. The highest BCUT2D eigenvalue weighted by molar-refractivity contribution is 8.00. The lowest BCUT2D eigenvalue weighted by Gasteiger charge is -2.38. The fourth-order valence-electron chi connectivity index (χ4n) is 4.37. The van der Waals surface area contributed by atoms with Crippen molar-refractivity contribution in [2.45, 2.75) is 16.8 Å². The van der Waals surface area contributed by atoms with Crippen molar-refractivity contribution in [3.63, 3.8) is 0 Å². The van der Waals surface area contributed by atoms with E-state index in [4.69, 9.17) is 11.6 Å². The second-order valence-corrected chi connectivity index (χ2v) is 10.2. The van der Waals surface area contributed by atoms with Gasteiger partial charge in [-0.2, -0.15) is 0 Å². The highest BCUT2D eigenvalue weighted by atomic mass is 35.5. The molecule has 0 spiro atoms. The standard InChI is InChI=1S/C26H24ClFN4O2S/c27-19-4-8-21(9-5-19)31-11-13-32(14-12-31)26-25(34)30-22-15-18(3-10-23(22)35-26)24(33)29-16-17-1-6-20(28)7-2-17/h1-10,15,26H,11-14,16H2,(H,29,33)(H,30,34)/p+1. The Labute approximate surface area is 212 Å². The maximum Gasteiger partial charge on any atom is 0.294 e. The summed E-state index contributed by atoms with van der Waals surface area (Å²) in [5, 5.41) is 6.33. The van der Waals surface area contributed by atoms with E-state index in [9.17, 15) is 14.0 Å². The molecule has 1 saturated heterocycles. The minimum atomic E-state index is -0.313. The molecule has 0 radical (unpaired) electrons. The predicted molar refractivity (Wildman–Crippen MR) is 137 cm³/mol. The van der Waals surface area contributed by atoms with Gasteiger partial charge in [0.2, 0.25) is 5.37 Å². The van der Waals surface area contributed by atoms with Crippen LogP contribution in [0.5, 0.6) is 0 Å². The highest BCUT2D eigenvalue weighted by Crippen LogP contribution is 2.34. The van der Waals surface area contributed by atoms with Crippen LogP contribution >= 0.6 is 23.4 Å². The summed E-state index contributed by atoms with van der Waals surface area (Å²) in [6, 6.07) is 19.2. The first-order chi connectivity index (χ1) is 17.0. The molecule has 0 aliphatic carbocycles. The molecule has 0 bridgehead atoms. The van der Waals surface area contributed by atoms with Crippen molar-refractivity contribution in [3.8, 4) is 0 Å². The zero-order chi connectivity index (χ0) is 24.4. The van der Waals surface area contributed by atoms with Gasteiger partial charge in [-0.3, -0.25) is 9.59 Å². The summed E-state index contributed by atoms with van der Waals surface area (Å²) in [4.78, 5) is 30.1. The van der Waals surface area contributed by atoms with Gasteiger partial charge < -0.3 is 20.4 Å². The molecule has 2 amide bonds. The van der Waals surface area contributed by atoms with Crippen molar-refractivity contribution in [2.75, 3.05) is 36.4 Å². The molecule has 3 aromatic carbocycles. The third kappa shape index (κ3) is 5.45. The summed E-state index contributed by atoms with van der Waals surface area (Å²) in [6.07, 6.45) is 0. The third-order valence-corrected chi connectivity index (χ3v) is 7.96. The van der Waals surface area contributed by atoms with E-state index in [1.54, 1.807) is 36.0 Å². The molecule has 2 aliphatic heterocycles. The van der Waals surface area contributed by atoms with E-state index in [1.165, 1.54) is 17.0 Å². The number of hydrogen-bond donors (Lipinski definition) is 3. The number of halogens is 2. The van der Waals surface area contributed by atoms with Gasteiger partial charge in [-0.05, 0) is 60.2 Å². The number of anilines is 2. The van der Waals surface area contributed by atoms with Crippen LogP contribution in [0.15, 0.2) is 71.6 Å². The maximum atomic E-state index is 13.1. The van der Waals surface area contributed by atoms with Gasteiger partial charge in [0.25, 0.3) is 11.8 Å². The fourth-order valence-corrected chi connectivity index (χ4v) is 5.70. The lowest BCUT2D eigenvalue weighted by molar-refractivity contribution is -0.902. The molecule has 2 heterocycles. The molecule has 2 aliphatic rings. The van der Waals surface area contributed by atoms with Crippen molar-refractivity contribution in [3.05, 3.63) is 88.7 Å². The minimum Gasteiger partial charge on any atom is -0.360 e. The largest absolute Gasteiger partial charge is 0.360 e. The van der Waals surface area contributed by atoms with Crippen LogP contribution in [0, 0.1) is 5.82 Å². The van der Waals surface area contributed by atoms with Crippen molar-refractivity contribution in [1.82, 2.24) is 5.32 Å². The Hall–Kier alpha value is -3.07. The van der Waals surface area contributed by atoms with E-state index in [2.05, 4.69) is 15.5 Å². The second-order valence-electron chi connectivity index (χ2n) is 8.63. The van der Waals surface area contributed by atoms with E-state index < -0.39 is 0 Å². The minimum absolute atomic E-state index is 0.0405. The van der Waals surface area contributed by atoms with Crippen molar-refractivity contribution in [1.29, 1.82) is 0 Å². The average molecular weight is 512 g/mol.